The maximum atomic E-state index is 12.0. The molecule has 23 heavy (non-hydrogen) atoms. The van der Waals surface area contributed by atoms with Crippen molar-refractivity contribution in [1.29, 1.82) is 0 Å². The minimum Gasteiger partial charge on any atom is -0.324 e. The van der Waals surface area contributed by atoms with Gasteiger partial charge < -0.3 is 5.32 Å². The SMILES string of the molecule is C=CCn1nnnc1SCC(=O)Nc1ccc([N+](=O)[O-])cc1Br. The van der Waals surface area contributed by atoms with E-state index in [-0.39, 0.29) is 17.3 Å². The number of tetrazole rings is 1. The van der Waals surface area contributed by atoms with Crippen LogP contribution < -0.4 is 5.32 Å². The zero-order valence-electron chi connectivity index (χ0n) is 11.7. The number of benzene rings is 1. The molecule has 1 N–H and O–H groups in total. The highest BCUT2D eigenvalue weighted by molar-refractivity contribution is 9.10. The van der Waals surface area contributed by atoms with Gasteiger partial charge in [-0.05, 0) is 32.4 Å². The fraction of sp³-hybridized carbons (Fsp3) is 0.167. The third-order valence-corrected chi connectivity index (χ3v) is 4.18. The Hall–Kier alpha value is -2.27. The van der Waals surface area contributed by atoms with E-state index in [0.717, 1.165) is 0 Å². The average Bonchev–Trinajstić information content (AvgIpc) is 2.95. The summed E-state index contributed by atoms with van der Waals surface area (Å²) in [5, 5.41) is 25.0. The Morgan fingerprint density at radius 1 is 1.57 bits per heavy atom. The summed E-state index contributed by atoms with van der Waals surface area (Å²) < 4.78 is 1.95. The van der Waals surface area contributed by atoms with Gasteiger partial charge in [0.25, 0.3) is 5.69 Å². The van der Waals surface area contributed by atoms with Crippen LogP contribution in [0.1, 0.15) is 0 Å². The summed E-state index contributed by atoms with van der Waals surface area (Å²) in [7, 11) is 0. The fourth-order valence-electron chi connectivity index (χ4n) is 1.57. The molecule has 11 heteroatoms. The second kappa shape index (κ2) is 7.83. The van der Waals surface area contributed by atoms with Gasteiger partial charge in [-0.25, -0.2) is 4.68 Å². The van der Waals surface area contributed by atoms with Gasteiger partial charge in [-0.15, -0.1) is 11.7 Å². The first kappa shape index (κ1) is 17.1. The highest BCUT2D eigenvalue weighted by atomic mass is 79.9. The maximum absolute atomic E-state index is 12.0. The monoisotopic (exact) mass is 398 g/mol. The number of hydrogen-bond acceptors (Lipinski definition) is 7. The van der Waals surface area contributed by atoms with E-state index in [1.807, 2.05) is 0 Å². The molecule has 1 heterocycles. The van der Waals surface area contributed by atoms with Crippen LogP contribution in [0.3, 0.4) is 0 Å². The summed E-state index contributed by atoms with van der Waals surface area (Å²) >= 11 is 4.37. The lowest BCUT2D eigenvalue weighted by Gasteiger charge is -2.07. The number of nitro benzene ring substituents is 1. The number of anilines is 1. The fourth-order valence-corrected chi connectivity index (χ4v) is 2.72. The van der Waals surface area contributed by atoms with Crippen molar-refractivity contribution in [2.75, 3.05) is 11.1 Å². The van der Waals surface area contributed by atoms with Crippen LogP contribution >= 0.6 is 27.7 Å². The van der Waals surface area contributed by atoms with E-state index in [0.29, 0.717) is 21.9 Å². The molecule has 0 aliphatic rings. The molecule has 0 bridgehead atoms. The van der Waals surface area contributed by atoms with Crippen LogP contribution in [-0.2, 0) is 11.3 Å². The van der Waals surface area contributed by atoms with Gasteiger partial charge in [-0.1, -0.05) is 17.8 Å². The lowest BCUT2D eigenvalue weighted by atomic mass is 10.3. The minimum atomic E-state index is -0.508. The van der Waals surface area contributed by atoms with Crippen LogP contribution in [0.4, 0.5) is 11.4 Å². The first-order chi connectivity index (χ1) is 11.0. The quantitative estimate of drug-likeness (QED) is 0.329. The van der Waals surface area contributed by atoms with Gasteiger partial charge in [0.05, 0.1) is 22.9 Å². The van der Waals surface area contributed by atoms with Crippen molar-refractivity contribution in [3.05, 3.63) is 45.4 Å². The Kier molecular flexibility index (Phi) is 5.82. The van der Waals surface area contributed by atoms with E-state index >= 15 is 0 Å². The van der Waals surface area contributed by atoms with Gasteiger partial charge >= 0.3 is 0 Å². The molecule has 0 aliphatic heterocycles. The molecule has 0 saturated heterocycles. The highest BCUT2D eigenvalue weighted by Gasteiger charge is 2.13. The molecule has 2 aromatic rings. The van der Waals surface area contributed by atoms with Crippen LogP contribution in [0.25, 0.3) is 0 Å². The molecule has 0 saturated carbocycles. The summed E-state index contributed by atoms with van der Waals surface area (Å²) in [5.74, 6) is -0.182. The Morgan fingerprint density at radius 3 is 3.00 bits per heavy atom. The summed E-state index contributed by atoms with van der Waals surface area (Å²) in [6, 6.07) is 4.11. The molecule has 0 aliphatic carbocycles. The van der Waals surface area contributed by atoms with Crippen LogP contribution in [0, 0.1) is 10.1 Å². The summed E-state index contributed by atoms with van der Waals surface area (Å²) in [6.45, 7) is 4.05. The number of hydrogen-bond donors (Lipinski definition) is 1. The number of amides is 1. The van der Waals surface area contributed by atoms with Crippen molar-refractivity contribution in [2.45, 2.75) is 11.7 Å². The molecular formula is C12H11BrN6O3S. The number of halogens is 1. The van der Waals surface area contributed by atoms with Crippen molar-refractivity contribution >= 4 is 45.0 Å². The van der Waals surface area contributed by atoms with Crippen LogP contribution in [-0.4, -0.2) is 36.8 Å². The Morgan fingerprint density at radius 2 is 2.35 bits per heavy atom. The normalized spacial score (nSPS) is 10.3. The summed E-state index contributed by atoms with van der Waals surface area (Å²) in [4.78, 5) is 22.1. The average molecular weight is 399 g/mol. The van der Waals surface area contributed by atoms with Crippen LogP contribution in [0.2, 0.25) is 0 Å². The molecule has 0 unspecified atom stereocenters. The third kappa shape index (κ3) is 4.60. The number of nitro groups is 1. The first-order valence-electron chi connectivity index (χ1n) is 6.25. The first-order valence-corrected chi connectivity index (χ1v) is 8.02. The van der Waals surface area contributed by atoms with E-state index in [1.165, 1.54) is 34.6 Å². The van der Waals surface area contributed by atoms with Gasteiger partial charge in [-0.2, -0.15) is 0 Å². The minimum absolute atomic E-state index is 0.0622. The smallest absolute Gasteiger partial charge is 0.270 e. The number of carbonyl (C=O) groups is 1. The molecule has 120 valence electrons. The standard InChI is InChI=1S/C12H11BrN6O3S/c1-2-5-18-12(15-16-17-18)23-7-11(20)14-10-4-3-8(19(21)22)6-9(10)13/h2-4,6H,1,5,7H2,(H,14,20). The number of thioether (sulfide) groups is 1. The molecule has 2 rings (SSSR count). The van der Waals surface area contributed by atoms with Crippen molar-refractivity contribution in [1.82, 2.24) is 20.2 Å². The second-order valence-corrected chi connectivity index (χ2v) is 5.99. The van der Waals surface area contributed by atoms with Crippen LogP contribution in [0.15, 0.2) is 40.5 Å². The molecular weight excluding hydrogens is 388 g/mol. The number of non-ortho nitro benzene ring substituents is 1. The number of nitrogens with zero attached hydrogens (tertiary/aromatic N) is 5. The van der Waals surface area contributed by atoms with Gasteiger partial charge in [-0.3, -0.25) is 14.9 Å². The van der Waals surface area contributed by atoms with Crippen LogP contribution in [0.5, 0.6) is 0 Å². The topological polar surface area (TPSA) is 116 Å². The molecule has 1 amide bonds. The summed E-state index contributed by atoms with van der Waals surface area (Å²) in [5.41, 5.74) is 0.389. The number of rotatable bonds is 7. The molecule has 0 spiro atoms. The van der Waals surface area contributed by atoms with E-state index < -0.39 is 4.92 Å². The predicted molar refractivity (Wildman–Crippen MR) is 88.2 cm³/mol. The Labute approximate surface area is 143 Å². The number of aromatic nitrogens is 4. The largest absolute Gasteiger partial charge is 0.324 e. The molecule has 1 aromatic heterocycles. The van der Waals surface area contributed by atoms with Gasteiger partial charge in [0, 0.05) is 16.6 Å². The number of carbonyl (C=O) groups excluding carboxylic acids is 1. The van der Waals surface area contributed by atoms with Crippen molar-refractivity contribution in [3.63, 3.8) is 0 Å². The third-order valence-electron chi connectivity index (χ3n) is 2.57. The van der Waals surface area contributed by atoms with Crippen molar-refractivity contribution in [2.24, 2.45) is 0 Å². The second-order valence-electron chi connectivity index (χ2n) is 4.19. The molecule has 9 nitrogen and oxygen atoms in total. The van der Waals surface area contributed by atoms with Crippen molar-refractivity contribution < 1.29 is 9.72 Å². The van der Waals surface area contributed by atoms with Gasteiger partial charge in [0.15, 0.2) is 0 Å². The zero-order valence-corrected chi connectivity index (χ0v) is 14.1. The Balaban J connectivity index is 1.96. The molecule has 1 aromatic carbocycles. The number of allylic oxidation sites excluding steroid dienone is 1. The van der Waals surface area contributed by atoms with E-state index in [1.54, 1.807) is 6.08 Å². The van der Waals surface area contributed by atoms with E-state index in [4.69, 9.17) is 0 Å². The van der Waals surface area contributed by atoms with Gasteiger partial charge in [0.1, 0.15) is 0 Å². The van der Waals surface area contributed by atoms with E-state index in [2.05, 4.69) is 43.4 Å². The molecule has 0 fully saturated rings. The lowest BCUT2D eigenvalue weighted by Crippen LogP contribution is -2.15. The number of nitrogens with one attached hydrogen (secondary N) is 1. The lowest BCUT2D eigenvalue weighted by molar-refractivity contribution is -0.384. The van der Waals surface area contributed by atoms with Crippen molar-refractivity contribution in [3.8, 4) is 0 Å². The summed E-state index contributed by atoms with van der Waals surface area (Å²) in [6.07, 6.45) is 1.65. The highest BCUT2D eigenvalue weighted by Crippen LogP contribution is 2.27. The van der Waals surface area contributed by atoms with Gasteiger partial charge in [0.2, 0.25) is 11.1 Å². The zero-order chi connectivity index (χ0) is 16.8. The Bertz CT molecular complexity index is 750. The van der Waals surface area contributed by atoms with E-state index in [9.17, 15) is 14.9 Å². The predicted octanol–water partition coefficient (Wildman–Crippen LogP) is 2.26. The maximum Gasteiger partial charge on any atom is 0.270 e. The molecule has 0 atom stereocenters. The molecule has 0 radical (unpaired) electrons.